The van der Waals surface area contributed by atoms with E-state index in [0.29, 0.717) is 42.6 Å². The van der Waals surface area contributed by atoms with Crippen molar-refractivity contribution in [3.63, 3.8) is 0 Å². The Balaban J connectivity index is 2.34. The van der Waals surface area contributed by atoms with Gasteiger partial charge >= 0.3 is 0 Å². The number of hydrogen-bond acceptors (Lipinski definition) is 5. The molecule has 2 heterocycles. The molecule has 0 saturated carbocycles. The Morgan fingerprint density at radius 2 is 1.67 bits per heavy atom. The van der Waals surface area contributed by atoms with Crippen LogP contribution in [-0.4, -0.2) is 61.0 Å². The van der Waals surface area contributed by atoms with Crippen molar-refractivity contribution in [3.05, 3.63) is 17.8 Å². The van der Waals surface area contributed by atoms with Crippen LogP contribution in [0, 0.1) is 17.8 Å². The summed E-state index contributed by atoms with van der Waals surface area (Å²) in [6.07, 6.45) is 2.09. The molecule has 2 rings (SSSR count). The average Bonchev–Trinajstić information content (AvgIpc) is 2.66. The molecule has 168 valence electrons. The fraction of sp³-hybridized carbons (Fsp3) is 0.696. The molecule has 30 heavy (non-hydrogen) atoms. The summed E-state index contributed by atoms with van der Waals surface area (Å²) in [5, 5.41) is 6.35. The summed E-state index contributed by atoms with van der Waals surface area (Å²) in [5.74, 6) is 1.68. The lowest BCUT2D eigenvalue weighted by Gasteiger charge is -2.31. The van der Waals surface area contributed by atoms with Crippen LogP contribution >= 0.6 is 0 Å². The van der Waals surface area contributed by atoms with Gasteiger partial charge in [-0.2, -0.15) is 0 Å². The molecular weight excluding hydrogens is 378 g/mol. The van der Waals surface area contributed by atoms with Crippen molar-refractivity contribution in [2.45, 2.75) is 48.0 Å². The molecule has 1 saturated heterocycles. The summed E-state index contributed by atoms with van der Waals surface area (Å²) < 4.78 is 0. The number of nitrogens with zero attached hydrogens (tertiary/aromatic N) is 3. The van der Waals surface area contributed by atoms with Gasteiger partial charge in [0.1, 0.15) is 0 Å². The van der Waals surface area contributed by atoms with Crippen LogP contribution in [0.5, 0.6) is 0 Å². The zero-order chi connectivity index (χ0) is 22.3. The van der Waals surface area contributed by atoms with Crippen molar-refractivity contribution in [2.24, 2.45) is 17.8 Å². The summed E-state index contributed by atoms with van der Waals surface area (Å²) in [5.41, 5.74) is 1.15. The van der Waals surface area contributed by atoms with Gasteiger partial charge in [-0.25, -0.2) is 4.98 Å². The van der Waals surface area contributed by atoms with E-state index < -0.39 is 0 Å². The molecule has 7 nitrogen and oxygen atoms in total. The molecule has 1 aliphatic heterocycles. The molecule has 0 aliphatic carbocycles. The Hall–Kier alpha value is -2.15. The van der Waals surface area contributed by atoms with E-state index in [9.17, 15) is 9.59 Å². The van der Waals surface area contributed by atoms with Gasteiger partial charge < -0.3 is 20.4 Å². The number of amides is 2. The van der Waals surface area contributed by atoms with Gasteiger partial charge in [-0.15, -0.1) is 0 Å². The van der Waals surface area contributed by atoms with E-state index in [4.69, 9.17) is 0 Å². The van der Waals surface area contributed by atoms with E-state index >= 15 is 0 Å². The third kappa shape index (κ3) is 7.27. The maximum absolute atomic E-state index is 13.3. The Bertz CT molecular complexity index is 702. The van der Waals surface area contributed by atoms with E-state index in [-0.39, 0.29) is 17.7 Å². The Morgan fingerprint density at radius 1 is 1.07 bits per heavy atom. The number of aromatic nitrogens is 1. The quantitative estimate of drug-likeness (QED) is 0.645. The number of nitrogens with one attached hydrogen (secondary N) is 2. The van der Waals surface area contributed by atoms with Crippen LogP contribution in [0.3, 0.4) is 0 Å². The van der Waals surface area contributed by atoms with E-state index in [2.05, 4.69) is 48.2 Å². The number of piperazine rings is 1. The second kappa shape index (κ2) is 11.3. The molecule has 0 bridgehead atoms. The highest BCUT2D eigenvalue weighted by molar-refractivity contribution is 5.99. The van der Waals surface area contributed by atoms with Crippen LogP contribution < -0.4 is 15.5 Å². The maximum atomic E-state index is 13.3. The molecule has 1 aliphatic rings. The number of pyridine rings is 1. The predicted molar refractivity (Wildman–Crippen MR) is 123 cm³/mol. The normalized spacial score (nSPS) is 14.5. The summed E-state index contributed by atoms with van der Waals surface area (Å²) in [6.45, 7) is 17.3. The molecule has 2 amide bonds. The molecule has 1 aromatic rings. The van der Waals surface area contributed by atoms with Gasteiger partial charge in [0.2, 0.25) is 5.91 Å². The molecular formula is C23H39N5O2. The Morgan fingerprint density at radius 3 is 2.20 bits per heavy atom. The fourth-order valence-corrected chi connectivity index (χ4v) is 3.67. The number of carbonyl (C=O) groups is 2. The minimum Gasteiger partial charge on any atom is -0.352 e. The smallest absolute Gasteiger partial charge is 0.255 e. The minimum atomic E-state index is -0.0472. The second-order valence-electron chi connectivity index (χ2n) is 9.48. The first-order valence-electron chi connectivity index (χ1n) is 11.2. The van der Waals surface area contributed by atoms with Crippen molar-refractivity contribution >= 4 is 23.3 Å². The van der Waals surface area contributed by atoms with Crippen molar-refractivity contribution in [3.8, 4) is 0 Å². The highest BCUT2D eigenvalue weighted by Crippen LogP contribution is 2.26. The number of anilines is 2. The first kappa shape index (κ1) is 24.1. The van der Waals surface area contributed by atoms with E-state index in [1.807, 2.05) is 18.7 Å². The first-order chi connectivity index (χ1) is 14.2. The molecule has 1 fully saturated rings. The molecule has 0 unspecified atom stereocenters. The van der Waals surface area contributed by atoms with Crippen LogP contribution in [0.15, 0.2) is 12.3 Å². The summed E-state index contributed by atoms with van der Waals surface area (Å²) in [6, 6.07) is 1.80. The molecule has 0 atom stereocenters. The third-order valence-electron chi connectivity index (χ3n) is 4.86. The maximum Gasteiger partial charge on any atom is 0.255 e. The number of carbonyl (C=O) groups excluding carboxylic acids is 2. The molecule has 0 aromatic carbocycles. The highest BCUT2D eigenvalue weighted by Gasteiger charge is 2.23. The van der Waals surface area contributed by atoms with Crippen LogP contribution in [0.2, 0.25) is 0 Å². The van der Waals surface area contributed by atoms with Crippen molar-refractivity contribution in [2.75, 3.05) is 49.5 Å². The van der Waals surface area contributed by atoms with Crippen LogP contribution in [-0.2, 0) is 4.79 Å². The number of hydrogen-bond donors (Lipinski definition) is 2. The molecule has 7 heteroatoms. The van der Waals surface area contributed by atoms with Crippen molar-refractivity contribution in [1.29, 1.82) is 0 Å². The largest absolute Gasteiger partial charge is 0.352 e. The van der Waals surface area contributed by atoms with Crippen LogP contribution in [0.25, 0.3) is 0 Å². The monoisotopic (exact) mass is 417 g/mol. The van der Waals surface area contributed by atoms with Crippen LogP contribution in [0.1, 0.15) is 58.3 Å². The number of rotatable bonds is 9. The minimum absolute atomic E-state index is 0.0314. The lowest BCUT2D eigenvalue weighted by molar-refractivity contribution is -0.116. The van der Waals surface area contributed by atoms with Crippen molar-refractivity contribution < 1.29 is 9.59 Å². The Kier molecular flexibility index (Phi) is 9.08. The molecule has 2 N–H and O–H groups in total. The average molecular weight is 418 g/mol. The molecule has 1 aromatic heterocycles. The van der Waals surface area contributed by atoms with Gasteiger partial charge in [0.15, 0.2) is 5.82 Å². The summed E-state index contributed by atoms with van der Waals surface area (Å²) in [7, 11) is 0. The molecule has 0 radical (unpaired) electrons. The van der Waals surface area contributed by atoms with Gasteiger partial charge in [-0.3, -0.25) is 9.59 Å². The molecule has 0 spiro atoms. The van der Waals surface area contributed by atoms with Gasteiger partial charge in [0.25, 0.3) is 5.91 Å². The van der Waals surface area contributed by atoms with E-state index in [0.717, 1.165) is 32.0 Å². The zero-order valence-corrected chi connectivity index (χ0v) is 19.5. The van der Waals surface area contributed by atoms with Crippen molar-refractivity contribution in [1.82, 2.24) is 15.2 Å². The van der Waals surface area contributed by atoms with E-state index in [1.165, 1.54) is 0 Å². The lowest BCUT2D eigenvalue weighted by atomic mass is 10.1. The Labute approximate surface area is 181 Å². The SMILES string of the molecule is CC(C)CC(=O)Nc1cc(C(=O)N(CC(C)C)CC(C)C)cnc1N1CCNCC1. The van der Waals surface area contributed by atoms with Gasteiger partial charge in [-0.05, 0) is 23.8 Å². The topological polar surface area (TPSA) is 77.6 Å². The van der Waals surface area contributed by atoms with Crippen LogP contribution in [0.4, 0.5) is 11.5 Å². The lowest BCUT2D eigenvalue weighted by Crippen LogP contribution is -2.44. The zero-order valence-electron chi connectivity index (χ0n) is 19.5. The second-order valence-corrected chi connectivity index (χ2v) is 9.48. The third-order valence-corrected chi connectivity index (χ3v) is 4.86. The fourth-order valence-electron chi connectivity index (χ4n) is 3.67. The van der Waals surface area contributed by atoms with Gasteiger partial charge in [0.05, 0.1) is 11.3 Å². The first-order valence-corrected chi connectivity index (χ1v) is 11.2. The van der Waals surface area contributed by atoms with Gasteiger partial charge in [-0.1, -0.05) is 41.5 Å². The standard InChI is InChI=1S/C23H39N5O2/c1-16(2)11-21(29)26-20-12-19(13-25-22(20)27-9-7-24-8-10-27)23(30)28(14-17(3)4)15-18(5)6/h12-13,16-18,24H,7-11,14-15H2,1-6H3,(H,26,29). The highest BCUT2D eigenvalue weighted by atomic mass is 16.2. The predicted octanol–water partition coefficient (Wildman–Crippen LogP) is 3.23. The summed E-state index contributed by atoms with van der Waals surface area (Å²) in [4.78, 5) is 34.5. The van der Waals surface area contributed by atoms with Gasteiger partial charge in [0, 0.05) is 51.9 Å². The summed E-state index contributed by atoms with van der Waals surface area (Å²) >= 11 is 0. The van der Waals surface area contributed by atoms with E-state index in [1.54, 1.807) is 12.3 Å².